The summed E-state index contributed by atoms with van der Waals surface area (Å²) in [5.41, 5.74) is 3.32. The predicted octanol–water partition coefficient (Wildman–Crippen LogP) is 4.75. The Labute approximate surface area is 242 Å². The number of halogens is 3. The molecule has 0 spiro atoms. The number of nitrogens with zero attached hydrogens (tertiary/aromatic N) is 2. The maximum Gasteiger partial charge on any atom is 0.254 e. The van der Waals surface area contributed by atoms with Crippen LogP contribution in [0.1, 0.15) is 21.5 Å². The Hall–Kier alpha value is -3.34. The zero-order chi connectivity index (χ0) is 28.6. The van der Waals surface area contributed by atoms with Gasteiger partial charge in [-0.25, -0.2) is 12.8 Å². The normalized spacial score (nSPS) is 17.2. The van der Waals surface area contributed by atoms with Gasteiger partial charge in [-0.3, -0.25) is 9.59 Å². The Morgan fingerprint density at radius 1 is 1.02 bits per heavy atom. The molecule has 0 bridgehead atoms. The first-order valence-electron chi connectivity index (χ1n) is 12.7. The number of aryl methyl sites for hydroxylation is 1. The van der Waals surface area contributed by atoms with Gasteiger partial charge in [-0.1, -0.05) is 35.3 Å². The molecule has 3 aromatic rings. The van der Waals surface area contributed by atoms with Crippen LogP contribution >= 0.6 is 23.2 Å². The average Bonchev–Trinajstić information content (AvgIpc) is 2.92. The van der Waals surface area contributed by atoms with Crippen molar-refractivity contribution in [3.63, 3.8) is 0 Å². The molecule has 2 aliphatic rings. The van der Waals surface area contributed by atoms with Crippen LogP contribution in [0.2, 0.25) is 10.0 Å². The van der Waals surface area contributed by atoms with Gasteiger partial charge in [0, 0.05) is 53.0 Å². The van der Waals surface area contributed by atoms with Crippen molar-refractivity contribution in [1.82, 2.24) is 4.90 Å². The number of anilines is 3. The molecule has 2 heterocycles. The molecule has 2 amide bonds. The minimum absolute atomic E-state index is 0.00756. The second kappa shape index (κ2) is 11.3. The minimum atomic E-state index is -3.90. The maximum absolute atomic E-state index is 14.1. The van der Waals surface area contributed by atoms with Gasteiger partial charge in [0.25, 0.3) is 5.91 Å². The van der Waals surface area contributed by atoms with Crippen LogP contribution in [0.5, 0.6) is 0 Å². The monoisotopic (exact) mass is 604 g/mol. The van der Waals surface area contributed by atoms with Crippen LogP contribution in [0.3, 0.4) is 0 Å². The molecule has 2 N–H and O–H groups in total. The Morgan fingerprint density at radius 2 is 1.77 bits per heavy atom. The number of benzene rings is 3. The van der Waals surface area contributed by atoms with Crippen molar-refractivity contribution in [1.29, 1.82) is 0 Å². The molecule has 3 aromatic carbocycles. The number of rotatable bonds is 6. The molecule has 2 aliphatic heterocycles. The number of sulfone groups is 1. The highest BCUT2D eigenvalue weighted by Crippen LogP contribution is 2.30. The van der Waals surface area contributed by atoms with Gasteiger partial charge in [0.15, 0.2) is 9.84 Å². The number of nitrogens with one attached hydrogen (secondary N) is 2. The van der Waals surface area contributed by atoms with Crippen LogP contribution in [0.25, 0.3) is 0 Å². The van der Waals surface area contributed by atoms with E-state index in [1.165, 1.54) is 12.1 Å². The summed E-state index contributed by atoms with van der Waals surface area (Å²) in [6.45, 7) is 4.39. The average molecular weight is 606 g/mol. The predicted molar refractivity (Wildman–Crippen MR) is 156 cm³/mol. The van der Waals surface area contributed by atoms with Crippen molar-refractivity contribution < 1.29 is 22.4 Å². The van der Waals surface area contributed by atoms with Gasteiger partial charge in [-0.2, -0.15) is 0 Å². The van der Waals surface area contributed by atoms with Gasteiger partial charge in [0.05, 0.1) is 22.9 Å². The number of carbonyl (C=O) groups excluding carboxylic acids is 2. The molecule has 8 nitrogen and oxygen atoms in total. The second-order valence-corrected chi connectivity index (χ2v) is 12.9. The number of hydrogen-bond donors (Lipinski definition) is 2. The van der Waals surface area contributed by atoms with E-state index in [0.29, 0.717) is 48.1 Å². The molecule has 12 heteroatoms. The lowest BCUT2D eigenvalue weighted by molar-refractivity contribution is -0.116. The van der Waals surface area contributed by atoms with E-state index in [0.717, 1.165) is 17.3 Å². The van der Waals surface area contributed by atoms with Gasteiger partial charge in [0.2, 0.25) is 5.91 Å². The third kappa shape index (κ3) is 6.04. The molecular weight excluding hydrogens is 578 g/mol. The summed E-state index contributed by atoms with van der Waals surface area (Å²) in [4.78, 5) is 30.0. The molecule has 0 aliphatic carbocycles. The van der Waals surface area contributed by atoms with E-state index < -0.39 is 39.1 Å². The fourth-order valence-corrected chi connectivity index (χ4v) is 7.03. The Bertz CT molecular complexity index is 1570. The largest absolute Gasteiger partial charge is 0.371 e. The van der Waals surface area contributed by atoms with Gasteiger partial charge in [0.1, 0.15) is 11.9 Å². The highest BCUT2D eigenvalue weighted by Gasteiger charge is 2.32. The summed E-state index contributed by atoms with van der Waals surface area (Å²) in [6.07, 6.45) is 0. The van der Waals surface area contributed by atoms with E-state index in [4.69, 9.17) is 23.2 Å². The summed E-state index contributed by atoms with van der Waals surface area (Å²) in [5, 5.41) is 6.31. The van der Waals surface area contributed by atoms with Gasteiger partial charge in [-0.15, -0.1) is 0 Å². The van der Waals surface area contributed by atoms with Crippen molar-refractivity contribution in [2.45, 2.75) is 18.7 Å². The second-order valence-electron chi connectivity index (χ2n) is 9.91. The van der Waals surface area contributed by atoms with E-state index >= 15 is 0 Å². The summed E-state index contributed by atoms with van der Waals surface area (Å²) in [6, 6.07) is 13.5. The topological polar surface area (TPSA) is 98.8 Å². The molecular formula is C28H27Cl2FN4O4S. The molecule has 1 fully saturated rings. The van der Waals surface area contributed by atoms with Crippen molar-refractivity contribution in [3.8, 4) is 0 Å². The quantitative estimate of drug-likeness (QED) is 0.421. The van der Waals surface area contributed by atoms with Crippen LogP contribution in [0.4, 0.5) is 21.5 Å². The standard InChI is InChI=1S/C28H27Cl2FN4O4S/c1-17-5-7-19(29)14-26(17)34-9-11-35(12-10-34)28(37)18-6-8-23-24(13-18)33-27(36)25(32-23)16-40(38,39)15-20-21(30)3-2-4-22(20)31/h2-8,13-14,25,32H,9-12,15-16H2,1H3,(H,33,36)/t25-/m1/s1. The van der Waals surface area contributed by atoms with Crippen LogP contribution in [0.15, 0.2) is 54.6 Å². The van der Waals surface area contributed by atoms with Gasteiger partial charge >= 0.3 is 0 Å². The number of carbonyl (C=O) groups is 2. The zero-order valence-electron chi connectivity index (χ0n) is 21.6. The molecule has 210 valence electrons. The lowest BCUT2D eigenvalue weighted by atomic mass is 10.1. The third-order valence-electron chi connectivity index (χ3n) is 7.10. The Balaban J connectivity index is 1.23. The molecule has 0 radical (unpaired) electrons. The Morgan fingerprint density at radius 3 is 2.50 bits per heavy atom. The molecule has 0 unspecified atom stereocenters. The summed E-state index contributed by atoms with van der Waals surface area (Å²) >= 11 is 12.2. The third-order valence-corrected chi connectivity index (χ3v) is 9.25. The highest BCUT2D eigenvalue weighted by atomic mass is 35.5. The molecule has 0 aromatic heterocycles. The molecule has 0 saturated carbocycles. The highest BCUT2D eigenvalue weighted by molar-refractivity contribution is 7.90. The van der Waals surface area contributed by atoms with E-state index in [9.17, 15) is 22.4 Å². The number of piperazine rings is 1. The van der Waals surface area contributed by atoms with Crippen LogP contribution in [-0.4, -0.2) is 63.1 Å². The zero-order valence-corrected chi connectivity index (χ0v) is 23.9. The maximum atomic E-state index is 14.1. The fourth-order valence-electron chi connectivity index (χ4n) is 4.96. The first-order chi connectivity index (χ1) is 19.0. The summed E-state index contributed by atoms with van der Waals surface area (Å²) < 4.78 is 39.7. The summed E-state index contributed by atoms with van der Waals surface area (Å²) in [7, 11) is -3.90. The minimum Gasteiger partial charge on any atom is -0.371 e. The van der Waals surface area contributed by atoms with E-state index in [2.05, 4.69) is 15.5 Å². The fraction of sp³-hybridized carbons (Fsp3) is 0.286. The first kappa shape index (κ1) is 28.2. The Kier molecular flexibility index (Phi) is 7.94. The van der Waals surface area contributed by atoms with Crippen molar-refractivity contribution in [2.24, 2.45) is 0 Å². The van der Waals surface area contributed by atoms with Gasteiger partial charge in [-0.05, 0) is 55.0 Å². The summed E-state index contributed by atoms with van der Waals surface area (Å²) in [5.74, 6) is -2.63. The van der Waals surface area contributed by atoms with E-state index in [-0.39, 0.29) is 16.5 Å². The number of fused-ring (bicyclic) bond motifs is 1. The lowest BCUT2D eigenvalue weighted by Gasteiger charge is -2.37. The van der Waals surface area contributed by atoms with E-state index in [1.807, 2.05) is 25.1 Å². The molecule has 1 saturated heterocycles. The van der Waals surface area contributed by atoms with E-state index in [1.54, 1.807) is 23.1 Å². The van der Waals surface area contributed by atoms with Crippen LogP contribution in [0, 0.1) is 12.7 Å². The van der Waals surface area contributed by atoms with Gasteiger partial charge < -0.3 is 20.4 Å². The van der Waals surface area contributed by atoms with Crippen molar-refractivity contribution >= 4 is 61.9 Å². The SMILES string of the molecule is Cc1ccc(Cl)cc1N1CCN(C(=O)c2ccc3c(c2)NC(=O)[C@@H](CS(=O)(=O)Cc2c(F)cccc2Cl)N3)CC1. The van der Waals surface area contributed by atoms with Crippen molar-refractivity contribution in [2.75, 3.05) is 47.5 Å². The lowest BCUT2D eigenvalue weighted by Crippen LogP contribution is -2.49. The smallest absolute Gasteiger partial charge is 0.254 e. The van der Waals surface area contributed by atoms with Crippen LogP contribution in [-0.2, 0) is 20.4 Å². The van der Waals surface area contributed by atoms with Crippen molar-refractivity contribution in [3.05, 3.63) is 87.2 Å². The molecule has 1 atom stereocenters. The number of amides is 2. The molecule has 40 heavy (non-hydrogen) atoms. The molecule has 5 rings (SSSR count). The first-order valence-corrected chi connectivity index (χ1v) is 15.2. The number of hydrogen-bond acceptors (Lipinski definition) is 6. The van der Waals surface area contributed by atoms with Crippen LogP contribution < -0.4 is 15.5 Å².